The Bertz CT molecular complexity index is 1010. The second-order valence-electron chi connectivity index (χ2n) is 6.32. The highest BCUT2D eigenvalue weighted by Crippen LogP contribution is 2.40. The van der Waals surface area contributed by atoms with Gasteiger partial charge in [0.2, 0.25) is 17.6 Å². The molecular weight excluding hydrogens is 423 g/mol. The molecular formula is C17H16ClFN6O5. The van der Waals surface area contributed by atoms with Crippen LogP contribution in [0, 0.1) is 15.9 Å². The van der Waals surface area contributed by atoms with E-state index in [-0.39, 0.29) is 23.1 Å². The first-order valence-electron chi connectivity index (χ1n) is 8.73. The molecule has 30 heavy (non-hydrogen) atoms. The van der Waals surface area contributed by atoms with Gasteiger partial charge in [-0.3, -0.25) is 19.7 Å². The minimum Gasteiger partial charge on any atom is -0.432 e. The van der Waals surface area contributed by atoms with E-state index in [0.717, 1.165) is 18.5 Å². The minimum absolute atomic E-state index is 0.0389. The summed E-state index contributed by atoms with van der Waals surface area (Å²) in [6.45, 7) is -0.0459. The standard InChI is InChI=1S/C17H16ClFN6O5/c18-10-6-9(19)3-4-12(10)30-17-14(25(28)29)15(22-8-23-17)24-5-1-2-11(24)16(27)21-7-13(20)26/h3-4,6,8,11H,1-2,5,7H2,(H2,20,26)(H,21,27). The zero-order valence-corrected chi connectivity index (χ0v) is 16.1. The van der Waals surface area contributed by atoms with Crippen LogP contribution in [0.2, 0.25) is 5.02 Å². The van der Waals surface area contributed by atoms with E-state index in [9.17, 15) is 24.1 Å². The molecule has 0 saturated carbocycles. The number of amides is 2. The lowest BCUT2D eigenvalue weighted by atomic mass is 10.2. The molecule has 1 fully saturated rings. The number of ether oxygens (including phenoxy) is 1. The number of hydrogen-bond donors (Lipinski definition) is 2. The highest BCUT2D eigenvalue weighted by Gasteiger charge is 2.38. The molecule has 2 aromatic rings. The molecule has 1 aliphatic rings. The van der Waals surface area contributed by atoms with Gasteiger partial charge < -0.3 is 20.7 Å². The van der Waals surface area contributed by atoms with E-state index in [1.165, 1.54) is 11.0 Å². The molecule has 11 nitrogen and oxygen atoms in total. The number of primary amides is 1. The predicted octanol–water partition coefficient (Wildman–Crippen LogP) is 1.54. The number of halogens is 2. The summed E-state index contributed by atoms with van der Waals surface area (Å²) in [6.07, 6.45) is 2.01. The number of nitrogens with two attached hydrogens (primary N) is 1. The minimum atomic E-state index is -0.791. The van der Waals surface area contributed by atoms with Crippen LogP contribution < -0.4 is 20.7 Å². The van der Waals surface area contributed by atoms with E-state index in [0.29, 0.717) is 19.4 Å². The second-order valence-corrected chi connectivity index (χ2v) is 6.73. The van der Waals surface area contributed by atoms with Crippen molar-refractivity contribution in [1.29, 1.82) is 0 Å². The molecule has 158 valence electrons. The molecule has 3 rings (SSSR count). The third-order valence-electron chi connectivity index (χ3n) is 4.32. The lowest BCUT2D eigenvalue weighted by molar-refractivity contribution is -0.385. The van der Waals surface area contributed by atoms with Crippen LogP contribution in [0.5, 0.6) is 11.6 Å². The monoisotopic (exact) mass is 438 g/mol. The largest absolute Gasteiger partial charge is 0.432 e. The maximum Gasteiger partial charge on any atom is 0.373 e. The number of nitrogens with one attached hydrogen (secondary N) is 1. The van der Waals surface area contributed by atoms with Gasteiger partial charge in [-0.05, 0) is 31.0 Å². The van der Waals surface area contributed by atoms with E-state index >= 15 is 0 Å². The van der Waals surface area contributed by atoms with Crippen molar-refractivity contribution in [2.75, 3.05) is 18.0 Å². The molecule has 0 bridgehead atoms. The Morgan fingerprint density at radius 1 is 1.43 bits per heavy atom. The van der Waals surface area contributed by atoms with Gasteiger partial charge in [0.25, 0.3) is 0 Å². The van der Waals surface area contributed by atoms with Gasteiger partial charge in [0, 0.05) is 6.54 Å². The molecule has 1 aromatic carbocycles. The van der Waals surface area contributed by atoms with Crippen molar-refractivity contribution in [2.24, 2.45) is 5.73 Å². The first-order valence-corrected chi connectivity index (χ1v) is 9.10. The summed E-state index contributed by atoms with van der Waals surface area (Å²) in [4.78, 5) is 43.6. The Labute approximate surface area is 174 Å². The van der Waals surface area contributed by atoms with Crippen LogP contribution in [0.15, 0.2) is 24.5 Å². The molecule has 13 heteroatoms. The van der Waals surface area contributed by atoms with E-state index in [4.69, 9.17) is 22.1 Å². The molecule has 2 amide bonds. The van der Waals surface area contributed by atoms with Gasteiger partial charge in [-0.2, -0.15) is 4.98 Å². The van der Waals surface area contributed by atoms with Crippen molar-refractivity contribution in [2.45, 2.75) is 18.9 Å². The average Bonchev–Trinajstić information content (AvgIpc) is 3.17. The van der Waals surface area contributed by atoms with Crippen molar-refractivity contribution in [3.05, 3.63) is 45.5 Å². The van der Waals surface area contributed by atoms with Crippen LogP contribution in [0.25, 0.3) is 0 Å². The van der Waals surface area contributed by atoms with Gasteiger partial charge in [-0.1, -0.05) is 11.6 Å². The van der Waals surface area contributed by atoms with Gasteiger partial charge >= 0.3 is 11.6 Å². The average molecular weight is 439 g/mol. The molecule has 0 spiro atoms. The van der Waals surface area contributed by atoms with Gasteiger partial charge in [-0.15, -0.1) is 0 Å². The third-order valence-corrected chi connectivity index (χ3v) is 4.61. The highest BCUT2D eigenvalue weighted by atomic mass is 35.5. The summed E-state index contributed by atoms with van der Waals surface area (Å²) < 4.78 is 18.7. The SMILES string of the molecule is NC(=O)CNC(=O)C1CCCN1c1ncnc(Oc2ccc(F)cc2Cl)c1[N+](=O)[O-]. The molecule has 1 saturated heterocycles. The normalized spacial score (nSPS) is 15.7. The molecule has 0 radical (unpaired) electrons. The van der Waals surface area contributed by atoms with Crippen LogP contribution in [0.4, 0.5) is 15.9 Å². The lowest BCUT2D eigenvalue weighted by Gasteiger charge is -2.24. The van der Waals surface area contributed by atoms with E-state index in [1.807, 2.05) is 0 Å². The molecule has 3 N–H and O–H groups in total. The Balaban J connectivity index is 1.95. The number of rotatable bonds is 7. The van der Waals surface area contributed by atoms with Crippen LogP contribution in [0.3, 0.4) is 0 Å². The quantitative estimate of drug-likeness (QED) is 0.487. The predicted molar refractivity (Wildman–Crippen MR) is 103 cm³/mol. The third kappa shape index (κ3) is 4.54. The molecule has 1 aliphatic heterocycles. The number of hydrogen-bond acceptors (Lipinski definition) is 8. The molecule has 1 aromatic heterocycles. The molecule has 1 unspecified atom stereocenters. The maximum atomic E-state index is 13.2. The van der Waals surface area contributed by atoms with E-state index < -0.39 is 40.2 Å². The summed E-state index contributed by atoms with van der Waals surface area (Å²) in [5.41, 5.74) is 4.46. The Morgan fingerprint density at radius 3 is 2.87 bits per heavy atom. The molecule has 0 aliphatic carbocycles. The number of nitro groups is 1. The number of nitrogens with zero attached hydrogens (tertiary/aromatic N) is 4. The zero-order chi connectivity index (χ0) is 21.8. The summed E-state index contributed by atoms with van der Waals surface area (Å²) in [6, 6.07) is 2.48. The highest BCUT2D eigenvalue weighted by molar-refractivity contribution is 6.32. The summed E-state index contributed by atoms with van der Waals surface area (Å²) in [7, 11) is 0. The van der Waals surface area contributed by atoms with Crippen LogP contribution in [0.1, 0.15) is 12.8 Å². The fourth-order valence-corrected chi connectivity index (χ4v) is 3.25. The van der Waals surface area contributed by atoms with Gasteiger partial charge in [-0.25, -0.2) is 9.37 Å². The number of carbonyl (C=O) groups excluding carboxylic acids is 2. The lowest BCUT2D eigenvalue weighted by Crippen LogP contribution is -2.46. The van der Waals surface area contributed by atoms with Crippen molar-refractivity contribution < 1.29 is 23.6 Å². The van der Waals surface area contributed by atoms with Gasteiger partial charge in [0.15, 0.2) is 0 Å². The van der Waals surface area contributed by atoms with Crippen molar-refractivity contribution in [1.82, 2.24) is 15.3 Å². The second kappa shape index (κ2) is 8.86. The fourth-order valence-electron chi connectivity index (χ4n) is 3.05. The number of anilines is 1. The van der Waals surface area contributed by atoms with Crippen LogP contribution in [-0.2, 0) is 9.59 Å². The van der Waals surface area contributed by atoms with Crippen LogP contribution >= 0.6 is 11.6 Å². The zero-order valence-electron chi connectivity index (χ0n) is 15.4. The number of benzene rings is 1. The summed E-state index contributed by atoms with van der Waals surface area (Å²) in [5.74, 6) is -2.41. The van der Waals surface area contributed by atoms with Gasteiger partial charge in [0.05, 0.1) is 16.5 Å². The first-order chi connectivity index (χ1) is 14.3. The van der Waals surface area contributed by atoms with Gasteiger partial charge in [0.1, 0.15) is 23.9 Å². The Kier molecular flexibility index (Phi) is 6.26. The van der Waals surface area contributed by atoms with Crippen molar-refractivity contribution in [3.8, 4) is 11.6 Å². The van der Waals surface area contributed by atoms with E-state index in [1.54, 1.807) is 0 Å². The van der Waals surface area contributed by atoms with Crippen molar-refractivity contribution in [3.63, 3.8) is 0 Å². The smallest absolute Gasteiger partial charge is 0.373 e. The molecule has 1 atom stereocenters. The number of aromatic nitrogens is 2. The van der Waals surface area contributed by atoms with E-state index in [2.05, 4.69) is 15.3 Å². The molecule has 2 heterocycles. The first kappa shape index (κ1) is 21.2. The fraction of sp³-hybridized carbons (Fsp3) is 0.294. The summed E-state index contributed by atoms with van der Waals surface area (Å²) in [5, 5.41) is 14.1. The topological polar surface area (TPSA) is 154 Å². The maximum absolute atomic E-state index is 13.2. The Morgan fingerprint density at radius 2 is 2.20 bits per heavy atom. The Hall–Kier alpha value is -3.54. The van der Waals surface area contributed by atoms with Crippen LogP contribution in [-0.4, -0.2) is 45.8 Å². The summed E-state index contributed by atoms with van der Waals surface area (Å²) >= 11 is 5.92. The number of carbonyl (C=O) groups is 2. The van der Waals surface area contributed by atoms with Crippen molar-refractivity contribution >= 4 is 34.9 Å².